The van der Waals surface area contributed by atoms with Gasteiger partial charge in [0.05, 0.1) is 6.54 Å². The van der Waals surface area contributed by atoms with E-state index in [9.17, 15) is 4.79 Å². The molecule has 3 aromatic rings. The molecule has 0 aliphatic heterocycles. The molecule has 6 heteroatoms. The third-order valence-electron chi connectivity index (χ3n) is 2.81. The van der Waals surface area contributed by atoms with Crippen molar-refractivity contribution in [1.29, 1.82) is 0 Å². The fraction of sp³-hybridized carbons (Fsp3) is 0.0714. The average Bonchev–Trinajstić information content (AvgIpc) is 3.18. The van der Waals surface area contributed by atoms with Crippen LogP contribution < -0.4 is 5.32 Å². The second-order valence-corrected chi connectivity index (χ2v) is 5.77. The Hall–Kier alpha value is -2.05. The molecule has 0 saturated heterocycles. The number of carbonyl (C=O) groups excluding carboxylic acids is 1. The van der Waals surface area contributed by atoms with E-state index in [-0.39, 0.29) is 5.91 Å². The van der Waals surface area contributed by atoms with Crippen LogP contribution in [0, 0.1) is 0 Å². The van der Waals surface area contributed by atoms with Gasteiger partial charge in [-0.3, -0.25) is 4.79 Å². The van der Waals surface area contributed by atoms with Crippen LogP contribution in [0.2, 0.25) is 0 Å². The van der Waals surface area contributed by atoms with Crippen molar-refractivity contribution < 1.29 is 4.79 Å². The number of nitrogens with one attached hydrogen (secondary N) is 1. The zero-order valence-corrected chi connectivity index (χ0v) is 12.1. The summed E-state index contributed by atoms with van der Waals surface area (Å²) in [6.07, 6.45) is 0. The number of aromatic nitrogens is 2. The summed E-state index contributed by atoms with van der Waals surface area (Å²) in [5, 5.41) is 10.8. The van der Waals surface area contributed by atoms with Gasteiger partial charge < -0.3 is 5.32 Å². The SMILES string of the molecule is O=C(NCc1cccs1)c1ccc(-c2csnn2)cc1. The van der Waals surface area contributed by atoms with Crippen LogP contribution in [0.5, 0.6) is 0 Å². The van der Waals surface area contributed by atoms with Gasteiger partial charge in [0.15, 0.2) is 0 Å². The second kappa shape index (κ2) is 5.94. The molecular formula is C14H11N3OS2. The highest BCUT2D eigenvalue weighted by Gasteiger charge is 2.07. The molecule has 0 bridgehead atoms. The Morgan fingerprint density at radius 1 is 1.20 bits per heavy atom. The van der Waals surface area contributed by atoms with Crippen molar-refractivity contribution in [2.45, 2.75) is 6.54 Å². The summed E-state index contributed by atoms with van der Waals surface area (Å²) >= 11 is 2.94. The molecule has 0 fully saturated rings. The Kier molecular flexibility index (Phi) is 3.85. The van der Waals surface area contributed by atoms with E-state index in [0.717, 1.165) is 16.1 Å². The van der Waals surface area contributed by atoms with E-state index in [4.69, 9.17) is 0 Å². The first-order valence-corrected chi connectivity index (χ1v) is 7.72. The normalized spacial score (nSPS) is 10.4. The highest BCUT2D eigenvalue weighted by Crippen LogP contribution is 2.18. The number of nitrogens with zero attached hydrogens (tertiary/aromatic N) is 2. The summed E-state index contributed by atoms with van der Waals surface area (Å²) in [6, 6.07) is 11.4. The smallest absolute Gasteiger partial charge is 0.251 e. The minimum atomic E-state index is -0.0682. The first-order chi connectivity index (χ1) is 9.83. The van der Waals surface area contributed by atoms with Crippen molar-refractivity contribution in [3.05, 3.63) is 57.6 Å². The van der Waals surface area contributed by atoms with Crippen molar-refractivity contribution in [2.24, 2.45) is 0 Å². The Bertz CT molecular complexity index is 676. The van der Waals surface area contributed by atoms with E-state index < -0.39 is 0 Å². The zero-order valence-electron chi connectivity index (χ0n) is 10.4. The van der Waals surface area contributed by atoms with Gasteiger partial charge in [-0.25, -0.2) is 0 Å². The highest BCUT2D eigenvalue weighted by atomic mass is 32.1. The molecule has 0 aliphatic rings. The Morgan fingerprint density at radius 3 is 2.70 bits per heavy atom. The lowest BCUT2D eigenvalue weighted by atomic mass is 10.1. The molecule has 1 N–H and O–H groups in total. The van der Waals surface area contributed by atoms with Crippen LogP contribution in [0.25, 0.3) is 11.3 Å². The predicted octanol–water partition coefficient (Wildman–Crippen LogP) is 3.20. The molecule has 2 aromatic heterocycles. The molecule has 3 rings (SSSR count). The summed E-state index contributed by atoms with van der Waals surface area (Å²) < 4.78 is 3.83. The van der Waals surface area contributed by atoms with Crippen molar-refractivity contribution in [3.63, 3.8) is 0 Å². The maximum atomic E-state index is 12.0. The van der Waals surface area contributed by atoms with Crippen LogP contribution in [-0.2, 0) is 6.54 Å². The molecule has 0 aliphatic carbocycles. The molecule has 0 spiro atoms. The average molecular weight is 301 g/mol. The van der Waals surface area contributed by atoms with E-state index in [0.29, 0.717) is 12.1 Å². The summed E-state index contributed by atoms with van der Waals surface area (Å²) in [6.45, 7) is 0.564. The third-order valence-corrected chi connectivity index (χ3v) is 4.19. The van der Waals surface area contributed by atoms with Crippen LogP contribution >= 0.6 is 22.9 Å². The van der Waals surface area contributed by atoms with Crippen LogP contribution in [0.15, 0.2) is 47.2 Å². The molecule has 1 aromatic carbocycles. The molecule has 100 valence electrons. The van der Waals surface area contributed by atoms with Gasteiger partial charge >= 0.3 is 0 Å². The van der Waals surface area contributed by atoms with Crippen LogP contribution in [-0.4, -0.2) is 15.5 Å². The number of thiophene rings is 1. The zero-order chi connectivity index (χ0) is 13.8. The predicted molar refractivity (Wildman–Crippen MR) is 80.8 cm³/mol. The van der Waals surface area contributed by atoms with Gasteiger partial charge in [0, 0.05) is 21.4 Å². The van der Waals surface area contributed by atoms with Crippen molar-refractivity contribution in [3.8, 4) is 11.3 Å². The Balaban J connectivity index is 1.66. The number of rotatable bonds is 4. The number of benzene rings is 1. The van der Waals surface area contributed by atoms with Crippen molar-refractivity contribution in [1.82, 2.24) is 14.9 Å². The summed E-state index contributed by atoms with van der Waals surface area (Å²) in [5.74, 6) is -0.0682. The second-order valence-electron chi connectivity index (χ2n) is 4.13. The highest BCUT2D eigenvalue weighted by molar-refractivity contribution is 7.09. The lowest BCUT2D eigenvalue weighted by Crippen LogP contribution is -2.22. The van der Waals surface area contributed by atoms with Gasteiger partial charge in [-0.15, -0.1) is 16.4 Å². The van der Waals surface area contributed by atoms with Gasteiger partial charge in [-0.1, -0.05) is 22.7 Å². The third kappa shape index (κ3) is 2.92. The van der Waals surface area contributed by atoms with E-state index in [1.807, 2.05) is 35.0 Å². The van der Waals surface area contributed by atoms with Crippen LogP contribution in [0.3, 0.4) is 0 Å². The van der Waals surface area contributed by atoms with Crippen molar-refractivity contribution in [2.75, 3.05) is 0 Å². The molecule has 0 radical (unpaired) electrons. The first-order valence-electron chi connectivity index (χ1n) is 6.01. The molecule has 2 heterocycles. The topological polar surface area (TPSA) is 54.9 Å². The number of hydrogen-bond donors (Lipinski definition) is 1. The van der Waals surface area contributed by atoms with Crippen LogP contribution in [0.1, 0.15) is 15.2 Å². The van der Waals surface area contributed by atoms with Gasteiger partial charge in [0.25, 0.3) is 5.91 Å². The molecule has 1 amide bonds. The molecule has 4 nitrogen and oxygen atoms in total. The lowest BCUT2D eigenvalue weighted by molar-refractivity contribution is 0.0951. The minimum absolute atomic E-state index is 0.0682. The van der Waals surface area contributed by atoms with Crippen LogP contribution in [0.4, 0.5) is 0 Å². The number of amides is 1. The van der Waals surface area contributed by atoms with Gasteiger partial charge in [-0.05, 0) is 35.1 Å². The summed E-state index contributed by atoms with van der Waals surface area (Å²) in [4.78, 5) is 13.1. The van der Waals surface area contributed by atoms with Gasteiger partial charge in [0.1, 0.15) is 5.69 Å². The van der Waals surface area contributed by atoms with Crippen molar-refractivity contribution >= 4 is 28.8 Å². The fourth-order valence-corrected chi connectivity index (χ4v) is 2.88. The lowest BCUT2D eigenvalue weighted by Gasteiger charge is -2.04. The number of carbonyl (C=O) groups is 1. The molecule has 0 saturated carbocycles. The maximum Gasteiger partial charge on any atom is 0.251 e. The molecule has 0 unspecified atom stereocenters. The molecule has 0 atom stereocenters. The standard InChI is InChI=1S/C14H11N3OS2/c18-14(15-8-12-2-1-7-19-12)11-5-3-10(4-6-11)13-9-20-17-16-13/h1-7,9H,8H2,(H,15,18). The monoisotopic (exact) mass is 301 g/mol. The van der Waals surface area contributed by atoms with E-state index in [1.165, 1.54) is 11.5 Å². The van der Waals surface area contributed by atoms with E-state index in [1.54, 1.807) is 23.5 Å². The fourth-order valence-electron chi connectivity index (χ4n) is 1.77. The number of hydrogen-bond acceptors (Lipinski definition) is 5. The maximum absolute atomic E-state index is 12.0. The quantitative estimate of drug-likeness (QED) is 0.805. The van der Waals surface area contributed by atoms with E-state index in [2.05, 4.69) is 14.9 Å². The first kappa shape index (κ1) is 13.0. The minimum Gasteiger partial charge on any atom is -0.347 e. The largest absolute Gasteiger partial charge is 0.347 e. The molecule has 20 heavy (non-hydrogen) atoms. The Morgan fingerprint density at radius 2 is 2.05 bits per heavy atom. The Labute approximate surface area is 124 Å². The van der Waals surface area contributed by atoms with Gasteiger partial charge in [-0.2, -0.15) is 0 Å². The van der Waals surface area contributed by atoms with E-state index >= 15 is 0 Å². The summed E-state index contributed by atoms with van der Waals surface area (Å²) in [5.41, 5.74) is 2.45. The summed E-state index contributed by atoms with van der Waals surface area (Å²) in [7, 11) is 0. The molecular weight excluding hydrogens is 290 g/mol. The van der Waals surface area contributed by atoms with Gasteiger partial charge in [0.2, 0.25) is 0 Å².